The van der Waals surface area contributed by atoms with Gasteiger partial charge in [0.25, 0.3) is 0 Å². The molecule has 0 heterocycles. The molecule has 1 fully saturated rings. The monoisotopic (exact) mass is 414 g/mol. The van der Waals surface area contributed by atoms with Crippen molar-refractivity contribution in [2.45, 2.75) is 39.2 Å². The summed E-state index contributed by atoms with van der Waals surface area (Å²) in [6.45, 7) is 5.56. The summed E-state index contributed by atoms with van der Waals surface area (Å²) in [5.74, 6) is 1.09. The fourth-order valence-electron chi connectivity index (χ4n) is 2.69. The lowest BCUT2D eigenvalue weighted by Gasteiger charge is -2.25. The second kappa shape index (κ2) is 11.2. The number of rotatable bonds is 11. The van der Waals surface area contributed by atoms with Crippen molar-refractivity contribution < 1.29 is 17.5 Å². The average Bonchev–Trinajstić information content (AvgIpc) is 2.58. The Hall–Kier alpha value is -1.87. The molecule has 28 heavy (non-hydrogen) atoms. The number of nitrogens with zero attached hydrogens (tertiary/aromatic N) is 1. The molecular weight excluding hydrogens is 383 g/mol. The maximum Gasteiger partial charge on any atom is 0.213 e. The summed E-state index contributed by atoms with van der Waals surface area (Å²) in [5.41, 5.74) is 0. The van der Waals surface area contributed by atoms with Crippen LogP contribution in [0.1, 0.15) is 33.1 Å². The smallest absolute Gasteiger partial charge is 0.213 e. The molecule has 1 aromatic rings. The zero-order chi connectivity index (χ0) is 20.4. The number of halogens is 1. The van der Waals surface area contributed by atoms with E-state index in [1.807, 2.05) is 13.8 Å². The molecule has 0 bridgehead atoms. The van der Waals surface area contributed by atoms with Crippen molar-refractivity contribution in [3.8, 4) is 5.75 Å². The zero-order valence-electron chi connectivity index (χ0n) is 16.6. The van der Waals surface area contributed by atoms with Crippen molar-refractivity contribution in [3.63, 3.8) is 0 Å². The van der Waals surface area contributed by atoms with Crippen LogP contribution >= 0.6 is 0 Å². The van der Waals surface area contributed by atoms with Gasteiger partial charge in [0, 0.05) is 25.7 Å². The number of guanidine groups is 1. The van der Waals surface area contributed by atoms with Crippen LogP contribution in [-0.2, 0) is 10.0 Å². The molecule has 2 rings (SSSR count). The molecule has 9 heteroatoms. The van der Waals surface area contributed by atoms with Crippen molar-refractivity contribution in [2.75, 3.05) is 31.9 Å². The van der Waals surface area contributed by atoms with Crippen LogP contribution < -0.4 is 20.1 Å². The first-order valence-corrected chi connectivity index (χ1v) is 11.4. The molecule has 0 radical (unpaired) electrons. The van der Waals surface area contributed by atoms with Gasteiger partial charge in [-0.3, -0.25) is 0 Å². The summed E-state index contributed by atoms with van der Waals surface area (Å²) in [7, 11) is -3.29. The Balaban J connectivity index is 1.75. The molecule has 1 unspecified atom stereocenters. The van der Waals surface area contributed by atoms with Gasteiger partial charge in [0.2, 0.25) is 10.0 Å². The van der Waals surface area contributed by atoms with E-state index in [0.29, 0.717) is 37.3 Å². The molecule has 0 aromatic heterocycles. The zero-order valence-corrected chi connectivity index (χ0v) is 17.4. The number of nitrogens with one attached hydrogen (secondary N) is 3. The van der Waals surface area contributed by atoms with Crippen LogP contribution in [0.2, 0.25) is 0 Å². The van der Waals surface area contributed by atoms with Crippen molar-refractivity contribution in [3.05, 3.63) is 30.1 Å². The highest BCUT2D eigenvalue weighted by Gasteiger charge is 2.20. The second-order valence-corrected chi connectivity index (χ2v) is 8.92. The minimum atomic E-state index is -3.29. The van der Waals surface area contributed by atoms with Gasteiger partial charge in [-0.05, 0) is 44.7 Å². The molecule has 0 spiro atoms. The maximum absolute atomic E-state index is 13.2. The van der Waals surface area contributed by atoms with Gasteiger partial charge in [-0.25, -0.2) is 22.5 Å². The SMILES string of the molecule is CCNC(=NCC(C)Oc1cccc(F)c1)NCCS(=O)(=O)NCC1CCC1. The average molecular weight is 415 g/mol. The minimum absolute atomic E-state index is 0.0144. The molecule has 158 valence electrons. The molecule has 3 N–H and O–H groups in total. The summed E-state index contributed by atoms with van der Waals surface area (Å²) in [6.07, 6.45) is 3.14. The maximum atomic E-state index is 13.2. The van der Waals surface area contributed by atoms with Crippen molar-refractivity contribution in [1.29, 1.82) is 0 Å². The molecule has 1 atom stereocenters. The van der Waals surface area contributed by atoms with E-state index in [2.05, 4.69) is 20.3 Å². The van der Waals surface area contributed by atoms with E-state index < -0.39 is 10.0 Å². The van der Waals surface area contributed by atoms with Crippen LogP contribution in [0.4, 0.5) is 4.39 Å². The quantitative estimate of drug-likeness (QED) is 0.380. The summed E-state index contributed by atoms with van der Waals surface area (Å²) in [6, 6.07) is 5.96. The Morgan fingerprint density at radius 3 is 2.79 bits per heavy atom. The molecule has 1 aromatic carbocycles. The lowest BCUT2D eigenvalue weighted by atomic mass is 9.86. The van der Waals surface area contributed by atoms with Crippen LogP contribution in [0.15, 0.2) is 29.3 Å². The van der Waals surface area contributed by atoms with Gasteiger partial charge in [0.05, 0.1) is 12.3 Å². The molecule has 7 nitrogen and oxygen atoms in total. The van der Waals surface area contributed by atoms with Gasteiger partial charge in [0.1, 0.15) is 17.7 Å². The lowest BCUT2D eigenvalue weighted by Crippen LogP contribution is -2.42. The highest BCUT2D eigenvalue weighted by molar-refractivity contribution is 7.89. The number of hydrogen-bond donors (Lipinski definition) is 3. The van der Waals surface area contributed by atoms with Gasteiger partial charge < -0.3 is 15.4 Å². The number of benzene rings is 1. The van der Waals surface area contributed by atoms with E-state index in [9.17, 15) is 12.8 Å². The topological polar surface area (TPSA) is 91.8 Å². The third-order valence-corrected chi connectivity index (χ3v) is 5.81. The Morgan fingerprint density at radius 1 is 1.36 bits per heavy atom. The van der Waals surface area contributed by atoms with Crippen molar-refractivity contribution in [2.24, 2.45) is 10.9 Å². The molecule has 0 saturated heterocycles. The molecular formula is C19H31FN4O3S. The summed E-state index contributed by atoms with van der Waals surface area (Å²) >= 11 is 0. The van der Waals surface area contributed by atoms with Crippen LogP contribution in [0.3, 0.4) is 0 Å². The standard InChI is InChI=1S/C19H31FN4O3S/c1-3-21-19(22-10-11-28(25,26)24-14-16-6-4-7-16)23-13-15(2)27-18-9-5-8-17(20)12-18/h5,8-9,12,15-16,24H,3-4,6-7,10-11,13-14H2,1-2H3,(H2,21,22,23). The Morgan fingerprint density at radius 2 is 2.14 bits per heavy atom. The third-order valence-electron chi connectivity index (χ3n) is 4.46. The lowest BCUT2D eigenvalue weighted by molar-refractivity contribution is 0.229. The fourth-order valence-corrected chi connectivity index (χ4v) is 3.69. The van der Waals surface area contributed by atoms with E-state index in [1.165, 1.54) is 18.6 Å². The van der Waals surface area contributed by atoms with Gasteiger partial charge in [-0.2, -0.15) is 0 Å². The van der Waals surface area contributed by atoms with E-state index >= 15 is 0 Å². The first-order chi connectivity index (χ1) is 13.4. The molecule has 1 aliphatic rings. The normalized spacial score (nSPS) is 16.3. The largest absolute Gasteiger partial charge is 0.489 e. The van der Waals surface area contributed by atoms with Crippen molar-refractivity contribution >= 4 is 16.0 Å². The van der Waals surface area contributed by atoms with Crippen LogP contribution in [0.25, 0.3) is 0 Å². The van der Waals surface area contributed by atoms with Crippen LogP contribution in [-0.4, -0.2) is 52.4 Å². The van der Waals surface area contributed by atoms with Gasteiger partial charge in [-0.15, -0.1) is 0 Å². The van der Waals surface area contributed by atoms with E-state index in [4.69, 9.17) is 4.74 Å². The fraction of sp³-hybridized carbons (Fsp3) is 0.632. The number of hydrogen-bond acceptors (Lipinski definition) is 4. The summed E-state index contributed by atoms with van der Waals surface area (Å²) < 4.78 is 45.6. The van der Waals surface area contributed by atoms with Gasteiger partial charge >= 0.3 is 0 Å². The predicted octanol–water partition coefficient (Wildman–Crippen LogP) is 1.87. The Labute approximate surface area is 167 Å². The molecule has 1 aliphatic carbocycles. The third kappa shape index (κ3) is 8.43. The second-order valence-electron chi connectivity index (χ2n) is 7.00. The Kier molecular flexibility index (Phi) is 8.98. The molecule has 0 amide bonds. The predicted molar refractivity (Wildman–Crippen MR) is 110 cm³/mol. The molecule has 1 saturated carbocycles. The number of sulfonamides is 1. The number of ether oxygens (including phenoxy) is 1. The summed E-state index contributed by atoms with van der Waals surface area (Å²) in [5, 5.41) is 6.10. The first-order valence-electron chi connectivity index (χ1n) is 9.79. The van der Waals surface area contributed by atoms with E-state index in [1.54, 1.807) is 12.1 Å². The molecule has 0 aliphatic heterocycles. The summed E-state index contributed by atoms with van der Waals surface area (Å²) in [4.78, 5) is 4.41. The van der Waals surface area contributed by atoms with E-state index in [0.717, 1.165) is 12.8 Å². The Bertz CT molecular complexity index is 738. The van der Waals surface area contributed by atoms with Crippen LogP contribution in [0, 0.1) is 11.7 Å². The van der Waals surface area contributed by atoms with Gasteiger partial charge in [-0.1, -0.05) is 12.5 Å². The van der Waals surface area contributed by atoms with Gasteiger partial charge in [0.15, 0.2) is 5.96 Å². The van der Waals surface area contributed by atoms with Crippen LogP contribution in [0.5, 0.6) is 5.75 Å². The first kappa shape index (κ1) is 22.4. The van der Waals surface area contributed by atoms with Crippen molar-refractivity contribution in [1.82, 2.24) is 15.4 Å². The minimum Gasteiger partial charge on any atom is -0.489 e. The highest BCUT2D eigenvalue weighted by Crippen LogP contribution is 2.25. The number of aliphatic imine (C=N–C) groups is 1. The van der Waals surface area contributed by atoms with E-state index in [-0.39, 0.29) is 24.2 Å². The highest BCUT2D eigenvalue weighted by atomic mass is 32.2.